The minimum atomic E-state index is -0.303. The van der Waals surface area contributed by atoms with Gasteiger partial charge in [0.1, 0.15) is 0 Å². The summed E-state index contributed by atoms with van der Waals surface area (Å²) >= 11 is 5.21. The number of fused-ring (bicyclic) bond motifs is 4. The standard InChI is InChI=1S/C22H16BrNO4S/c23-12-4-5-18-15(10-12)16-11-17-19-13(20(16)29-18)2-1-3-14(19)21(26)24(22(17)27)6-8-28-9-7-25/h1-5,10-11,25H,6-9H2. The highest BCUT2D eigenvalue weighted by atomic mass is 79.9. The van der Waals surface area contributed by atoms with Gasteiger partial charge < -0.3 is 9.84 Å². The number of carbonyl (C=O) groups is 2. The van der Waals surface area contributed by atoms with E-state index in [9.17, 15) is 9.59 Å². The maximum atomic E-state index is 13.2. The van der Waals surface area contributed by atoms with Crippen molar-refractivity contribution in [1.82, 2.24) is 4.90 Å². The molecule has 0 saturated heterocycles. The van der Waals surface area contributed by atoms with Gasteiger partial charge in [0.2, 0.25) is 0 Å². The minimum Gasteiger partial charge on any atom is -0.394 e. The van der Waals surface area contributed by atoms with Crippen molar-refractivity contribution < 1.29 is 19.4 Å². The number of aliphatic hydroxyl groups excluding tert-OH is 1. The summed E-state index contributed by atoms with van der Waals surface area (Å²) in [6, 6.07) is 13.7. The van der Waals surface area contributed by atoms with E-state index in [0.717, 1.165) is 35.4 Å². The quantitative estimate of drug-likeness (QED) is 0.343. The molecule has 0 radical (unpaired) electrons. The predicted octanol–water partition coefficient (Wildman–Crippen LogP) is 4.58. The highest BCUT2D eigenvalue weighted by molar-refractivity contribution is 9.10. The second-order valence-electron chi connectivity index (χ2n) is 6.87. The van der Waals surface area contributed by atoms with Crippen molar-refractivity contribution in [2.45, 2.75) is 0 Å². The van der Waals surface area contributed by atoms with Gasteiger partial charge in [0, 0.05) is 46.5 Å². The predicted molar refractivity (Wildman–Crippen MR) is 118 cm³/mol. The first-order valence-electron chi connectivity index (χ1n) is 9.22. The summed E-state index contributed by atoms with van der Waals surface area (Å²) < 4.78 is 8.48. The van der Waals surface area contributed by atoms with Crippen LogP contribution in [0.25, 0.3) is 30.9 Å². The summed E-state index contributed by atoms with van der Waals surface area (Å²) in [5.41, 5.74) is 1.09. The van der Waals surface area contributed by atoms with E-state index in [2.05, 4.69) is 28.1 Å². The lowest BCUT2D eigenvalue weighted by molar-refractivity contribution is 0.0478. The van der Waals surface area contributed by atoms with Crippen LogP contribution in [0.3, 0.4) is 0 Å². The Bertz CT molecular complexity index is 1310. The number of hydrogen-bond donors (Lipinski definition) is 1. The lowest BCUT2D eigenvalue weighted by Gasteiger charge is -2.27. The van der Waals surface area contributed by atoms with Gasteiger partial charge in [0.15, 0.2) is 0 Å². The zero-order valence-electron chi connectivity index (χ0n) is 15.3. The average molecular weight is 470 g/mol. The van der Waals surface area contributed by atoms with E-state index < -0.39 is 0 Å². The maximum Gasteiger partial charge on any atom is 0.261 e. The molecule has 2 amide bonds. The van der Waals surface area contributed by atoms with E-state index in [1.165, 1.54) is 4.90 Å². The Morgan fingerprint density at radius 1 is 0.966 bits per heavy atom. The van der Waals surface area contributed by atoms with Gasteiger partial charge in [0.05, 0.1) is 26.4 Å². The highest BCUT2D eigenvalue weighted by Gasteiger charge is 2.33. The van der Waals surface area contributed by atoms with E-state index in [1.54, 1.807) is 17.4 Å². The molecule has 0 bridgehead atoms. The molecule has 0 unspecified atom stereocenters. The lowest BCUT2D eigenvalue weighted by Crippen LogP contribution is -2.42. The van der Waals surface area contributed by atoms with E-state index in [-0.39, 0.29) is 38.2 Å². The van der Waals surface area contributed by atoms with E-state index >= 15 is 0 Å². The number of halogens is 1. The molecule has 1 aliphatic rings. The number of carbonyl (C=O) groups excluding carboxylic acids is 2. The monoisotopic (exact) mass is 469 g/mol. The van der Waals surface area contributed by atoms with Crippen LogP contribution in [-0.4, -0.2) is 48.2 Å². The number of hydrogen-bond acceptors (Lipinski definition) is 5. The number of imide groups is 1. The van der Waals surface area contributed by atoms with Crippen LogP contribution in [-0.2, 0) is 4.74 Å². The summed E-state index contributed by atoms with van der Waals surface area (Å²) in [4.78, 5) is 27.5. The third kappa shape index (κ3) is 2.88. The average Bonchev–Trinajstić information content (AvgIpc) is 3.09. The van der Waals surface area contributed by atoms with Gasteiger partial charge in [-0.25, -0.2) is 0 Å². The Hall–Kier alpha value is -2.32. The van der Waals surface area contributed by atoms with Gasteiger partial charge in [-0.2, -0.15) is 0 Å². The first-order valence-corrected chi connectivity index (χ1v) is 10.8. The van der Waals surface area contributed by atoms with Crippen molar-refractivity contribution in [3.63, 3.8) is 0 Å². The fourth-order valence-corrected chi connectivity index (χ4v) is 5.49. The van der Waals surface area contributed by atoms with Crippen LogP contribution < -0.4 is 0 Å². The van der Waals surface area contributed by atoms with Crippen LogP contribution >= 0.6 is 27.3 Å². The fraction of sp³-hybridized carbons (Fsp3) is 0.182. The Morgan fingerprint density at radius 3 is 2.62 bits per heavy atom. The largest absolute Gasteiger partial charge is 0.394 e. The minimum absolute atomic E-state index is 0.0944. The number of nitrogens with zero attached hydrogens (tertiary/aromatic N) is 1. The highest BCUT2D eigenvalue weighted by Crippen LogP contribution is 2.43. The Kier molecular flexibility index (Phi) is 4.63. The van der Waals surface area contributed by atoms with Crippen LogP contribution in [0.4, 0.5) is 0 Å². The van der Waals surface area contributed by atoms with Gasteiger partial charge >= 0.3 is 0 Å². The van der Waals surface area contributed by atoms with Crippen molar-refractivity contribution in [3.8, 4) is 0 Å². The van der Waals surface area contributed by atoms with Crippen molar-refractivity contribution in [1.29, 1.82) is 0 Å². The molecule has 0 atom stereocenters. The van der Waals surface area contributed by atoms with Gasteiger partial charge in [-0.05, 0) is 30.3 Å². The Labute approximate surface area is 178 Å². The number of ether oxygens (including phenoxy) is 1. The topological polar surface area (TPSA) is 66.8 Å². The molecule has 146 valence electrons. The van der Waals surface area contributed by atoms with Crippen molar-refractivity contribution in [2.24, 2.45) is 0 Å². The molecule has 0 saturated carbocycles. The van der Waals surface area contributed by atoms with E-state index in [4.69, 9.17) is 9.84 Å². The van der Waals surface area contributed by atoms with Crippen LogP contribution in [0, 0.1) is 0 Å². The molecule has 5 nitrogen and oxygen atoms in total. The number of thiophene rings is 1. The molecule has 1 aliphatic heterocycles. The molecule has 7 heteroatoms. The van der Waals surface area contributed by atoms with Crippen molar-refractivity contribution >= 4 is 70.0 Å². The summed E-state index contributed by atoms with van der Waals surface area (Å²) in [7, 11) is 0. The first kappa shape index (κ1) is 18.7. The van der Waals surface area contributed by atoms with Crippen molar-refractivity contribution in [2.75, 3.05) is 26.4 Å². The molecule has 0 aliphatic carbocycles. The third-order valence-electron chi connectivity index (χ3n) is 5.20. The molecule has 0 fully saturated rings. The molecular weight excluding hydrogens is 454 g/mol. The second kappa shape index (κ2) is 7.18. The van der Waals surface area contributed by atoms with Gasteiger partial charge in [0.25, 0.3) is 11.8 Å². The molecule has 1 N–H and O–H groups in total. The number of benzene rings is 3. The van der Waals surface area contributed by atoms with Gasteiger partial charge in [-0.1, -0.05) is 28.1 Å². The summed E-state index contributed by atoms with van der Waals surface area (Å²) in [5, 5.41) is 12.6. The fourth-order valence-electron chi connectivity index (χ4n) is 3.94. The van der Waals surface area contributed by atoms with Gasteiger partial charge in [-0.15, -0.1) is 11.3 Å². The van der Waals surface area contributed by atoms with E-state index in [0.29, 0.717) is 11.1 Å². The number of aliphatic hydroxyl groups is 1. The molecule has 2 heterocycles. The lowest BCUT2D eigenvalue weighted by atomic mass is 9.92. The first-order chi connectivity index (χ1) is 14.1. The van der Waals surface area contributed by atoms with Crippen LogP contribution in [0.15, 0.2) is 46.9 Å². The third-order valence-corrected chi connectivity index (χ3v) is 6.91. The second-order valence-corrected chi connectivity index (χ2v) is 8.84. The molecule has 4 aromatic rings. The van der Waals surface area contributed by atoms with Gasteiger partial charge in [-0.3, -0.25) is 14.5 Å². The Balaban J connectivity index is 1.73. The van der Waals surface area contributed by atoms with Crippen LogP contribution in [0.5, 0.6) is 0 Å². The maximum absolute atomic E-state index is 13.2. The molecule has 3 aromatic carbocycles. The summed E-state index contributed by atoms with van der Waals surface area (Å²) in [6.45, 7) is 0.434. The number of amides is 2. The van der Waals surface area contributed by atoms with E-state index in [1.807, 2.05) is 24.3 Å². The zero-order chi connectivity index (χ0) is 20.1. The molecule has 5 rings (SSSR count). The number of rotatable bonds is 5. The zero-order valence-corrected chi connectivity index (χ0v) is 17.7. The van der Waals surface area contributed by atoms with Crippen molar-refractivity contribution in [3.05, 3.63) is 58.1 Å². The van der Waals surface area contributed by atoms with Crippen LogP contribution in [0.2, 0.25) is 0 Å². The smallest absolute Gasteiger partial charge is 0.261 e. The van der Waals surface area contributed by atoms with Crippen LogP contribution in [0.1, 0.15) is 20.7 Å². The summed E-state index contributed by atoms with van der Waals surface area (Å²) in [5.74, 6) is -0.605. The molecule has 0 spiro atoms. The Morgan fingerprint density at radius 2 is 1.79 bits per heavy atom. The SMILES string of the molecule is O=C1c2cccc3c2c(cc2c4cc(Br)ccc4sc32)C(=O)N1CCOCCO. The molecule has 1 aromatic heterocycles. The normalized spacial score (nSPS) is 13.9. The summed E-state index contributed by atoms with van der Waals surface area (Å²) in [6.07, 6.45) is 0. The molecular formula is C22H16BrNO4S. The molecule has 29 heavy (non-hydrogen) atoms.